The van der Waals surface area contributed by atoms with Gasteiger partial charge in [-0.25, -0.2) is 0 Å². The SMILES string of the molecule is CNC(C1=CC=C(C)CN1)(c1ccc(Cl)cc1)C1CC1. The van der Waals surface area contributed by atoms with Crippen molar-refractivity contribution in [2.75, 3.05) is 13.6 Å². The molecule has 106 valence electrons. The monoisotopic (exact) mass is 288 g/mol. The Morgan fingerprint density at radius 1 is 1.20 bits per heavy atom. The lowest BCUT2D eigenvalue weighted by molar-refractivity contribution is 0.351. The molecule has 0 spiro atoms. The summed E-state index contributed by atoms with van der Waals surface area (Å²) in [6.07, 6.45) is 6.98. The fourth-order valence-electron chi connectivity index (χ4n) is 3.17. The van der Waals surface area contributed by atoms with Crippen LogP contribution in [0.2, 0.25) is 5.02 Å². The smallest absolute Gasteiger partial charge is 0.0864 e. The number of dihydropyridines is 1. The van der Waals surface area contributed by atoms with Gasteiger partial charge in [0.15, 0.2) is 0 Å². The van der Waals surface area contributed by atoms with Gasteiger partial charge in [-0.15, -0.1) is 0 Å². The van der Waals surface area contributed by atoms with Gasteiger partial charge in [0.2, 0.25) is 0 Å². The van der Waals surface area contributed by atoms with E-state index in [9.17, 15) is 0 Å². The first kappa shape index (κ1) is 13.7. The van der Waals surface area contributed by atoms with Gasteiger partial charge in [-0.05, 0) is 56.5 Å². The number of allylic oxidation sites excluding steroid dienone is 2. The number of nitrogens with one attached hydrogen (secondary N) is 2. The van der Waals surface area contributed by atoms with E-state index in [2.05, 4.69) is 48.9 Å². The van der Waals surface area contributed by atoms with Crippen molar-refractivity contribution in [2.45, 2.75) is 25.3 Å². The third-order valence-corrected chi connectivity index (χ3v) is 4.65. The zero-order valence-electron chi connectivity index (χ0n) is 12.0. The predicted molar refractivity (Wildman–Crippen MR) is 84.8 cm³/mol. The third kappa shape index (κ3) is 2.27. The van der Waals surface area contributed by atoms with Gasteiger partial charge in [0.05, 0.1) is 5.54 Å². The van der Waals surface area contributed by atoms with E-state index in [0.29, 0.717) is 5.92 Å². The average molecular weight is 289 g/mol. The van der Waals surface area contributed by atoms with Crippen molar-refractivity contribution in [3.8, 4) is 0 Å². The van der Waals surface area contributed by atoms with Gasteiger partial charge >= 0.3 is 0 Å². The van der Waals surface area contributed by atoms with Gasteiger partial charge in [-0.3, -0.25) is 0 Å². The molecule has 2 aliphatic rings. The maximum atomic E-state index is 6.04. The third-order valence-electron chi connectivity index (χ3n) is 4.40. The zero-order valence-corrected chi connectivity index (χ0v) is 12.8. The molecule has 1 heterocycles. The normalized spacial score (nSPS) is 21.6. The van der Waals surface area contributed by atoms with Gasteiger partial charge in [0, 0.05) is 17.3 Å². The van der Waals surface area contributed by atoms with Crippen LogP contribution in [0.4, 0.5) is 0 Å². The molecule has 0 aromatic heterocycles. The predicted octanol–water partition coefficient (Wildman–Crippen LogP) is 3.60. The molecule has 2 nitrogen and oxygen atoms in total. The molecule has 2 N–H and O–H groups in total. The van der Waals surface area contributed by atoms with Crippen LogP contribution in [0.5, 0.6) is 0 Å². The Hall–Kier alpha value is -1.25. The fourth-order valence-corrected chi connectivity index (χ4v) is 3.30. The van der Waals surface area contributed by atoms with Crippen LogP contribution in [-0.4, -0.2) is 13.6 Å². The minimum absolute atomic E-state index is 0.109. The second kappa shape index (κ2) is 5.27. The van der Waals surface area contributed by atoms with Crippen LogP contribution in [0.1, 0.15) is 25.3 Å². The first-order valence-electron chi connectivity index (χ1n) is 7.23. The van der Waals surface area contributed by atoms with E-state index in [4.69, 9.17) is 11.6 Å². The van der Waals surface area contributed by atoms with E-state index in [0.717, 1.165) is 11.6 Å². The first-order chi connectivity index (χ1) is 9.66. The summed E-state index contributed by atoms with van der Waals surface area (Å²) in [7, 11) is 2.06. The number of benzene rings is 1. The highest BCUT2D eigenvalue weighted by atomic mass is 35.5. The van der Waals surface area contributed by atoms with Crippen LogP contribution >= 0.6 is 11.6 Å². The summed E-state index contributed by atoms with van der Waals surface area (Å²) < 4.78 is 0. The van der Waals surface area contributed by atoms with Crippen LogP contribution < -0.4 is 10.6 Å². The van der Waals surface area contributed by atoms with Gasteiger partial charge < -0.3 is 10.6 Å². The molecule has 1 atom stereocenters. The molecule has 0 radical (unpaired) electrons. The highest BCUT2D eigenvalue weighted by molar-refractivity contribution is 6.30. The van der Waals surface area contributed by atoms with Crippen LogP contribution in [0.3, 0.4) is 0 Å². The highest BCUT2D eigenvalue weighted by Crippen LogP contribution is 2.49. The Kier molecular flexibility index (Phi) is 3.61. The number of likely N-dealkylation sites (N-methyl/N-ethyl adjacent to an activating group) is 1. The molecule has 3 heteroatoms. The molecule has 0 amide bonds. The minimum Gasteiger partial charge on any atom is -0.383 e. The van der Waals surface area contributed by atoms with E-state index in [-0.39, 0.29) is 5.54 Å². The molecule has 3 rings (SSSR count). The molecular formula is C17H21ClN2. The Balaban J connectivity index is 2.07. The molecule has 1 aromatic rings. The van der Waals surface area contributed by atoms with Gasteiger partial charge in [0.1, 0.15) is 0 Å². The molecule has 1 unspecified atom stereocenters. The van der Waals surface area contributed by atoms with Crippen molar-refractivity contribution < 1.29 is 0 Å². The Morgan fingerprint density at radius 3 is 2.40 bits per heavy atom. The van der Waals surface area contributed by atoms with E-state index in [1.807, 2.05) is 12.1 Å². The molecule has 20 heavy (non-hydrogen) atoms. The summed E-state index contributed by atoms with van der Waals surface area (Å²) >= 11 is 6.04. The zero-order chi connectivity index (χ0) is 14.2. The van der Waals surface area contributed by atoms with E-state index < -0.39 is 0 Å². The van der Waals surface area contributed by atoms with Crippen LogP contribution in [0.25, 0.3) is 0 Å². The Morgan fingerprint density at radius 2 is 1.90 bits per heavy atom. The number of rotatable bonds is 4. The van der Waals surface area contributed by atoms with E-state index in [1.54, 1.807) is 0 Å². The quantitative estimate of drug-likeness (QED) is 0.885. The first-order valence-corrected chi connectivity index (χ1v) is 7.61. The van der Waals surface area contributed by atoms with Crippen molar-refractivity contribution in [1.82, 2.24) is 10.6 Å². The second-order valence-electron chi connectivity index (χ2n) is 5.79. The molecule has 1 aliphatic carbocycles. The summed E-state index contributed by atoms with van der Waals surface area (Å²) in [5, 5.41) is 7.98. The molecule has 0 saturated heterocycles. The van der Waals surface area contributed by atoms with Crippen molar-refractivity contribution in [3.05, 3.63) is 58.3 Å². The maximum Gasteiger partial charge on any atom is 0.0864 e. The van der Waals surface area contributed by atoms with Gasteiger partial charge in [-0.2, -0.15) is 0 Å². The van der Waals surface area contributed by atoms with Crippen molar-refractivity contribution in [1.29, 1.82) is 0 Å². The summed E-state index contributed by atoms with van der Waals surface area (Å²) in [6, 6.07) is 8.25. The second-order valence-corrected chi connectivity index (χ2v) is 6.22. The van der Waals surface area contributed by atoms with Crippen LogP contribution in [0.15, 0.2) is 47.7 Å². The topological polar surface area (TPSA) is 24.1 Å². The average Bonchev–Trinajstić information content (AvgIpc) is 3.29. The lowest BCUT2D eigenvalue weighted by Gasteiger charge is -2.38. The fraction of sp³-hybridized carbons (Fsp3) is 0.412. The maximum absolute atomic E-state index is 6.04. The van der Waals surface area contributed by atoms with Gasteiger partial charge in [-0.1, -0.05) is 35.4 Å². The van der Waals surface area contributed by atoms with Gasteiger partial charge in [0.25, 0.3) is 0 Å². The van der Waals surface area contributed by atoms with Crippen LogP contribution in [-0.2, 0) is 5.54 Å². The van der Waals surface area contributed by atoms with E-state index >= 15 is 0 Å². The Bertz CT molecular complexity index is 555. The van der Waals surface area contributed by atoms with E-state index in [1.165, 1.54) is 29.7 Å². The molecule has 1 aromatic carbocycles. The molecule has 1 fully saturated rings. The molecule has 0 bridgehead atoms. The summed E-state index contributed by atoms with van der Waals surface area (Å²) in [6.45, 7) is 3.08. The Labute approximate surface area is 125 Å². The van der Waals surface area contributed by atoms with Crippen molar-refractivity contribution >= 4 is 11.6 Å². The largest absolute Gasteiger partial charge is 0.383 e. The molecular weight excluding hydrogens is 268 g/mol. The molecule has 1 saturated carbocycles. The standard InChI is InChI=1S/C17H21ClN2/c1-12-3-10-16(20-11-12)17(19-2,13-4-5-13)14-6-8-15(18)9-7-14/h3,6-10,13,19-20H,4-5,11H2,1-2H3. The number of hydrogen-bond acceptors (Lipinski definition) is 2. The van der Waals surface area contributed by atoms with Crippen LogP contribution in [0, 0.1) is 5.92 Å². The van der Waals surface area contributed by atoms with Crippen molar-refractivity contribution in [3.63, 3.8) is 0 Å². The summed E-state index contributed by atoms with van der Waals surface area (Å²) in [5.74, 6) is 0.652. The summed E-state index contributed by atoms with van der Waals surface area (Å²) in [5.41, 5.74) is 3.82. The van der Waals surface area contributed by atoms with Crippen molar-refractivity contribution in [2.24, 2.45) is 5.92 Å². The minimum atomic E-state index is -0.109. The highest BCUT2D eigenvalue weighted by Gasteiger charge is 2.48. The lowest BCUT2D eigenvalue weighted by atomic mass is 9.80. The lowest BCUT2D eigenvalue weighted by Crippen LogP contribution is -2.49. The number of halogens is 1. The molecule has 1 aliphatic heterocycles. The summed E-state index contributed by atoms with van der Waals surface area (Å²) in [4.78, 5) is 0. The number of hydrogen-bond donors (Lipinski definition) is 2.